The zero-order valence-corrected chi connectivity index (χ0v) is 13.4. The molecule has 1 aromatic carbocycles. The van der Waals surface area contributed by atoms with Crippen molar-refractivity contribution in [2.45, 2.75) is 70.6 Å². The van der Waals surface area contributed by atoms with Crippen LogP contribution in [0.15, 0.2) is 18.2 Å². The predicted octanol–water partition coefficient (Wildman–Crippen LogP) is 4.26. The van der Waals surface area contributed by atoms with Gasteiger partial charge in [-0.2, -0.15) is 0 Å². The minimum atomic E-state index is -0.183. The molecule has 0 aromatic heterocycles. The number of phenolic OH excluding ortho intramolecular Hbond substituents is 1. The number of ether oxygens (including phenoxy) is 1. The van der Waals surface area contributed by atoms with E-state index >= 15 is 0 Å². The summed E-state index contributed by atoms with van der Waals surface area (Å²) in [6.45, 7) is 7.82. The number of phenols is 1. The summed E-state index contributed by atoms with van der Waals surface area (Å²) >= 11 is 0. The van der Waals surface area contributed by atoms with E-state index in [1.807, 2.05) is 6.07 Å². The molecule has 3 nitrogen and oxygen atoms in total. The first kappa shape index (κ1) is 14.7. The van der Waals surface area contributed by atoms with Crippen molar-refractivity contribution in [3.63, 3.8) is 0 Å². The lowest BCUT2D eigenvalue weighted by atomic mass is 9.87. The van der Waals surface area contributed by atoms with E-state index in [-0.39, 0.29) is 11.4 Å². The van der Waals surface area contributed by atoms with E-state index in [0.717, 1.165) is 12.2 Å². The van der Waals surface area contributed by atoms with Crippen LogP contribution in [-0.2, 0) is 0 Å². The lowest BCUT2D eigenvalue weighted by molar-refractivity contribution is 0.0178. The molecule has 116 valence electrons. The normalized spacial score (nSPS) is 29.3. The number of fused-ring (bicyclic) bond motifs is 1. The second-order valence-electron chi connectivity index (χ2n) is 7.24. The van der Waals surface area contributed by atoms with Crippen LogP contribution in [0.2, 0.25) is 0 Å². The maximum absolute atomic E-state index is 9.76. The number of aromatic hydroxyl groups is 1. The minimum Gasteiger partial charge on any atom is -0.508 e. The van der Waals surface area contributed by atoms with Crippen molar-refractivity contribution >= 4 is 0 Å². The Balaban J connectivity index is 1.97. The topological polar surface area (TPSA) is 32.7 Å². The molecule has 2 aliphatic heterocycles. The Bertz CT molecular complexity index is 512. The standard InChI is InChI=1S/C18H27NO2/c1-13-7-5-4-6-10-19(13)16-12-18(2,3)21-17-11-14(20)8-9-15(16)17/h8-9,11,13,16,20H,4-7,10,12H2,1-3H3. The van der Waals surface area contributed by atoms with Crippen LogP contribution in [0.25, 0.3) is 0 Å². The minimum absolute atomic E-state index is 0.183. The van der Waals surface area contributed by atoms with Gasteiger partial charge in [-0.1, -0.05) is 18.9 Å². The molecule has 0 saturated carbocycles. The molecule has 21 heavy (non-hydrogen) atoms. The third kappa shape index (κ3) is 3.03. The van der Waals surface area contributed by atoms with Crippen molar-refractivity contribution in [1.29, 1.82) is 0 Å². The van der Waals surface area contributed by atoms with Crippen molar-refractivity contribution in [3.05, 3.63) is 23.8 Å². The second-order valence-corrected chi connectivity index (χ2v) is 7.24. The first-order valence-electron chi connectivity index (χ1n) is 8.24. The Morgan fingerprint density at radius 2 is 2.05 bits per heavy atom. The number of hydrogen-bond donors (Lipinski definition) is 1. The van der Waals surface area contributed by atoms with E-state index in [1.54, 1.807) is 12.1 Å². The summed E-state index contributed by atoms with van der Waals surface area (Å²) in [4.78, 5) is 2.66. The van der Waals surface area contributed by atoms with Crippen molar-refractivity contribution in [2.75, 3.05) is 6.54 Å². The smallest absolute Gasteiger partial charge is 0.128 e. The van der Waals surface area contributed by atoms with Crippen molar-refractivity contribution in [3.8, 4) is 11.5 Å². The van der Waals surface area contributed by atoms with E-state index < -0.39 is 0 Å². The molecule has 3 rings (SSSR count). The van der Waals surface area contributed by atoms with Crippen LogP contribution in [0.5, 0.6) is 11.5 Å². The van der Waals surface area contributed by atoms with E-state index in [4.69, 9.17) is 4.74 Å². The molecule has 2 heterocycles. The average Bonchev–Trinajstić information content (AvgIpc) is 2.61. The monoisotopic (exact) mass is 289 g/mol. The Hall–Kier alpha value is -1.22. The van der Waals surface area contributed by atoms with E-state index in [9.17, 15) is 5.11 Å². The molecule has 0 amide bonds. The maximum Gasteiger partial charge on any atom is 0.128 e. The SMILES string of the molecule is CC1CCCCCN1C1CC(C)(C)Oc2cc(O)ccc21. The first-order chi connectivity index (χ1) is 9.96. The van der Waals surface area contributed by atoms with E-state index in [0.29, 0.717) is 12.1 Å². The highest BCUT2D eigenvalue weighted by Gasteiger charge is 2.38. The summed E-state index contributed by atoms with van der Waals surface area (Å²) in [6, 6.07) is 6.62. The lowest BCUT2D eigenvalue weighted by Crippen LogP contribution is -2.44. The van der Waals surface area contributed by atoms with Crippen LogP contribution in [0.3, 0.4) is 0 Å². The van der Waals surface area contributed by atoms with Gasteiger partial charge < -0.3 is 9.84 Å². The number of benzene rings is 1. The Kier molecular flexibility index (Phi) is 3.87. The third-order valence-corrected chi connectivity index (χ3v) is 4.93. The van der Waals surface area contributed by atoms with Crippen LogP contribution in [-0.4, -0.2) is 28.2 Å². The molecular formula is C18H27NO2. The lowest BCUT2D eigenvalue weighted by Gasteiger charge is -2.44. The molecule has 0 spiro atoms. The van der Waals surface area contributed by atoms with Crippen LogP contribution in [0.1, 0.15) is 64.5 Å². The van der Waals surface area contributed by atoms with Crippen molar-refractivity contribution in [2.24, 2.45) is 0 Å². The molecule has 1 aromatic rings. The molecule has 2 atom stereocenters. The maximum atomic E-state index is 9.76. The van der Waals surface area contributed by atoms with Gasteiger partial charge in [0.2, 0.25) is 0 Å². The summed E-state index contributed by atoms with van der Waals surface area (Å²) in [7, 11) is 0. The number of rotatable bonds is 1. The highest BCUT2D eigenvalue weighted by molar-refractivity contribution is 5.44. The van der Waals surface area contributed by atoms with Crippen molar-refractivity contribution < 1.29 is 9.84 Å². The fourth-order valence-electron chi connectivity index (χ4n) is 3.86. The molecule has 1 N–H and O–H groups in total. The fourth-order valence-corrected chi connectivity index (χ4v) is 3.86. The molecule has 1 fully saturated rings. The molecule has 0 radical (unpaired) electrons. The first-order valence-corrected chi connectivity index (χ1v) is 8.24. The highest BCUT2D eigenvalue weighted by atomic mass is 16.5. The summed E-state index contributed by atoms with van der Waals surface area (Å²) in [5, 5.41) is 9.76. The number of likely N-dealkylation sites (tertiary alicyclic amines) is 1. The average molecular weight is 289 g/mol. The molecule has 2 unspecified atom stereocenters. The third-order valence-electron chi connectivity index (χ3n) is 4.93. The van der Waals surface area contributed by atoms with Crippen LogP contribution in [0, 0.1) is 0 Å². The number of nitrogens with zero attached hydrogens (tertiary/aromatic N) is 1. The molecule has 0 bridgehead atoms. The summed E-state index contributed by atoms with van der Waals surface area (Å²) < 4.78 is 6.10. The van der Waals surface area contributed by atoms with Gasteiger partial charge in [-0.3, -0.25) is 4.90 Å². The zero-order valence-electron chi connectivity index (χ0n) is 13.4. The fraction of sp³-hybridized carbons (Fsp3) is 0.667. The van der Waals surface area contributed by atoms with E-state index in [1.165, 1.54) is 37.8 Å². The summed E-state index contributed by atoms with van der Waals surface area (Å²) in [5.41, 5.74) is 1.05. The molecular weight excluding hydrogens is 262 g/mol. The van der Waals surface area contributed by atoms with Crippen LogP contribution >= 0.6 is 0 Å². The highest BCUT2D eigenvalue weighted by Crippen LogP contribution is 2.45. The van der Waals surface area contributed by atoms with Gasteiger partial charge in [0.05, 0.1) is 0 Å². The quantitative estimate of drug-likeness (QED) is 0.838. The molecule has 2 aliphatic rings. The van der Waals surface area contributed by atoms with Crippen molar-refractivity contribution in [1.82, 2.24) is 4.90 Å². The van der Waals surface area contributed by atoms with Gasteiger partial charge in [0.15, 0.2) is 0 Å². The largest absolute Gasteiger partial charge is 0.508 e. The van der Waals surface area contributed by atoms with Gasteiger partial charge in [-0.25, -0.2) is 0 Å². The Labute approximate surface area is 127 Å². The van der Waals surface area contributed by atoms with Gasteiger partial charge in [0, 0.05) is 30.1 Å². The second kappa shape index (κ2) is 5.53. The molecule has 0 aliphatic carbocycles. The van der Waals surface area contributed by atoms with Gasteiger partial charge in [-0.05, 0) is 46.2 Å². The Morgan fingerprint density at radius 1 is 1.24 bits per heavy atom. The van der Waals surface area contributed by atoms with Gasteiger partial charge in [0.1, 0.15) is 17.1 Å². The Morgan fingerprint density at radius 3 is 2.86 bits per heavy atom. The summed E-state index contributed by atoms with van der Waals surface area (Å²) in [5.74, 6) is 1.14. The van der Waals surface area contributed by atoms with Gasteiger partial charge in [-0.15, -0.1) is 0 Å². The van der Waals surface area contributed by atoms with Gasteiger partial charge in [0.25, 0.3) is 0 Å². The predicted molar refractivity (Wildman–Crippen MR) is 84.8 cm³/mol. The zero-order chi connectivity index (χ0) is 15.0. The summed E-state index contributed by atoms with van der Waals surface area (Å²) in [6.07, 6.45) is 6.26. The number of hydrogen-bond acceptors (Lipinski definition) is 3. The van der Waals surface area contributed by atoms with Crippen LogP contribution < -0.4 is 4.74 Å². The van der Waals surface area contributed by atoms with E-state index in [2.05, 4.69) is 25.7 Å². The molecule has 3 heteroatoms. The van der Waals surface area contributed by atoms with Gasteiger partial charge >= 0.3 is 0 Å². The molecule has 1 saturated heterocycles. The van der Waals surface area contributed by atoms with Crippen LogP contribution in [0.4, 0.5) is 0 Å².